The second-order valence-electron chi connectivity index (χ2n) is 5.34. The Balaban J connectivity index is 2.28. The van der Waals surface area contributed by atoms with Crippen LogP contribution in [0.15, 0.2) is 28.9 Å². The molecule has 1 N–H and O–H groups in total. The minimum absolute atomic E-state index is 0.0403. The van der Waals surface area contributed by atoms with E-state index in [1.165, 1.54) is 0 Å². The van der Waals surface area contributed by atoms with Crippen molar-refractivity contribution in [1.29, 1.82) is 0 Å². The second-order valence-corrected chi connectivity index (χ2v) is 6.66. The van der Waals surface area contributed by atoms with E-state index in [1.54, 1.807) is 10.9 Å². The molecule has 6 heteroatoms. The van der Waals surface area contributed by atoms with E-state index in [0.29, 0.717) is 11.6 Å². The summed E-state index contributed by atoms with van der Waals surface area (Å²) in [5.74, 6) is 0. The fourth-order valence-corrected chi connectivity index (χ4v) is 2.34. The molecule has 0 bridgehead atoms. The summed E-state index contributed by atoms with van der Waals surface area (Å²) in [6, 6.07) is 5.70. The van der Waals surface area contributed by atoms with E-state index in [4.69, 9.17) is 11.6 Å². The number of nitrogens with zero attached hydrogens (tertiary/aromatic N) is 3. The van der Waals surface area contributed by atoms with Gasteiger partial charge in [-0.15, -0.1) is 5.10 Å². The molecule has 0 fully saturated rings. The van der Waals surface area contributed by atoms with Crippen molar-refractivity contribution in [2.45, 2.75) is 32.9 Å². The van der Waals surface area contributed by atoms with E-state index >= 15 is 0 Å². The Kier molecular flexibility index (Phi) is 4.28. The molecule has 0 radical (unpaired) electrons. The maximum Gasteiger partial charge on any atom is 0.0854 e. The molecule has 0 aliphatic heterocycles. The van der Waals surface area contributed by atoms with Crippen LogP contribution in [-0.2, 0) is 6.54 Å². The van der Waals surface area contributed by atoms with Crippen molar-refractivity contribution in [2.75, 3.05) is 0 Å². The van der Waals surface area contributed by atoms with Crippen molar-refractivity contribution in [1.82, 2.24) is 20.3 Å². The summed E-state index contributed by atoms with van der Waals surface area (Å²) in [5, 5.41) is 12.1. The summed E-state index contributed by atoms with van der Waals surface area (Å²) in [7, 11) is 0. The Morgan fingerprint density at radius 1 is 1.37 bits per heavy atom. The fourth-order valence-electron chi connectivity index (χ4n) is 1.59. The highest BCUT2D eigenvalue weighted by atomic mass is 79.9. The standard InChI is InChI=1S/C13H16BrClN4/c1-13(2,3)16-7-10-8-17-18-19(10)12-5-4-9(14)6-11(12)15/h4-6,8,16H,7H2,1-3H3. The molecule has 0 spiro atoms. The average molecular weight is 344 g/mol. The van der Waals surface area contributed by atoms with Crippen molar-refractivity contribution in [3.8, 4) is 5.69 Å². The zero-order valence-corrected chi connectivity index (χ0v) is 13.5. The van der Waals surface area contributed by atoms with Gasteiger partial charge >= 0.3 is 0 Å². The molecule has 0 unspecified atom stereocenters. The molecule has 1 aromatic carbocycles. The van der Waals surface area contributed by atoms with Gasteiger partial charge in [-0.1, -0.05) is 32.7 Å². The van der Waals surface area contributed by atoms with Gasteiger partial charge in [0.25, 0.3) is 0 Å². The lowest BCUT2D eigenvalue weighted by Gasteiger charge is -2.20. The van der Waals surface area contributed by atoms with Crippen molar-refractivity contribution in [3.63, 3.8) is 0 Å². The average Bonchev–Trinajstić information content (AvgIpc) is 2.73. The number of hydrogen-bond acceptors (Lipinski definition) is 3. The Bertz CT molecular complexity index is 574. The highest BCUT2D eigenvalue weighted by Gasteiger charge is 2.13. The molecular weight excluding hydrogens is 328 g/mol. The predicted octanol–water partition coefficient (Wildman–Crippen LogP) is 3.57. The lowest BCUT2D eigenvalue weighted by atomic mass is 10.1. The van der Waals surface area contributed by atoms with Crippen LogP contribution in [0.5, 0.6) is 0 Å². The van der Waals surface area contributed by atoms with Gasteiger partial charge < -0.3 is 5.32 Å². The zero-order chi connectivity index (χ0) is 14.0. The summed E-state index contributed by atoms with van der Waals surface area (Å²) < 4.78 is 2.70. The first-order chi connectivity index (χ1) is 8.87. The first-order valence-corrected chi connectivity index (χ1v) is 7.14. The number of aromatic nitrogens is 3. The molecule has 0 atom stereocenters. The van der Waals surface area contributed by atoms with Gasteiger partial charge in [0.15, 0.2) is 0 Å². The normalized spacial score (nSPS) is 11.8. The number of rotatable bonds is 3. The van der Waals surface area contributed by atoms with Gasteiger partial charge in [-0.2, -0.15) is 0 Å². The minimum atomic E-state index is 0.0403. The molecule has 2 aromatic rings. The second kappa shape index (κ2) is 5.61. The summed E-state index contributed by atoms with van der Waals surface area (Å²) in [4.78, 5) is 0. The lowest BCUT2D eigenvalue weighted by molar-refractivity contribution is 0.418. The zero-order valence-electron chi connectivity index (χ0n) is 11.1. The Hall–Kier alpha value is -0.910. The van der Waals surface area contributed by atoms with Crippen molar-refractivity contribution < 1.29 is 0 Å². The van der Waals surface area contributed by atoms with Crippen LogP contribution in [-0.4, -0.2) is 20.5 Å². The highest BCUT2D eigenvalue weighted by molar-refractivity contribution is 9.10. The quantitative estimate of drug-likeness (QED) is 0.926. The van der Waals surface area contributed by atoms with E-state index in [0.717, 1.165) is 15.9 Å². The summed E-state index contributed by atoms with van der Waals surface area (Å²) in [6.07, 6.45) is 1.75. The maximum atomic E-state index is 6.24. The first-order valence-electron chi connectivity index (χ1n) is 5.97. The van der Waals surface area contributed by atoms with Crippen molar-refractivity contribution in [3.05, 3.63) is 39.6 Å². The monoisotopic (exact) mass is 342 g/mol. The largest absolute Gasteiger partial charge is 0.306 e. The number of benzene rings is 1. The maximum absolute atomic E-state index is 6.24. The van der Waals surface area contributed by atoms with Crippen LogP contribution >= 0.6 is 27.5 Å². The highest BCUT2D eigenvalue weighted by Crippen LogP contribution is 2.24. The van der Waals surface area contributed by atoms with Crippen LogP contribution in [0.25, 0.3) is 5.69 Å². The number of hydrogen-bond donors (Lipinski definition) is 1. The third-order valence-electron chi connectivity index (χ3n) is 2.56. The lowest BCUT2D eigenvalue weighted by Crippen LogP contribution is -2.35. The van der Waals surface area contributed by atoms with Crippen molar-refractivity contribution >= 4 is 27.5 Å². The molecule has 102 valence electrons. The van der Waals surface area contributed by atoms with Crippen LogP contribution in [0.4, 0.5) is 0 Å². The van der Waals surface area contributed by atoms with Crippen LogP contribution in [0, 0.1) is 0 Å². The van der Waals surface area contributed by atoms with Gasteiger partial charge in [0.2, 0.25) is 0 Å². The molecule has 4 nitrogen and oxygen atoms in total. The third-order valence-corrected chi connectivity index (χ3v) is 3.35. The SMILES string of the molecule is CC(C)(C)NCc1cnnn1-c1ccc(Br)cc1Cl. The molecule has 2 rings (SSSR count). The van der Waals surface area contributed by atoms with E-state index in [9.17, 15) is 0 Å². The van der Waals surface area contributed by atoms with Gasteiger partial charge in [-0.05, 0) is 39.0 Å². The van der Waals surface area contributed by atoms with E-state index in [1.807, 2.05) is 18.2 Å². The summed E-state index contributed by atoms with van der Waals surface area (Å²) in [5.41, 5.74) is 1.84. The molecule has 0 aliphatic rings. The van der Waals surface area contributed by atoms with Gasteiger partial charge in [0.1, 0.15) is 0 Å². The van der Waals surface area contributed by atoms with Crippen LogP contribution in [0.2, 0.25) is 5.02 Å². The van der Waals surface area contributed by atoms with Crippen LogP contribution in [0.1, 0.15) is 26.5 Å². The predicted molar refractivity (Wildman–Crippen MR) is 80.7 cm³/mol. The molecule has 0 aliphatic carbocycles. The van der Waals surface area contributed by atoms with Crippen LogP contribution in [0.3, 0.4) is 0 Å². The molecule has 0 saturated heterocycles. The third kappa shape index (κ3) is 3.78. The van der Waals surface area contributed by atoms with E-state index < -0.39 is 0 Å². The van der Waals surface area contributed by atoms with Gasteiger partial charge in [0.05, 0.1) is 22.6 Å². The molecule has 0 amide bonds. The molecular formula is C13H16BrClN4. The fraction of sp³-hybridized carbons (Fsp3) is 0.385. The minimum Gasteiger partial charge on any atom is -0.306 e. The Morgan fingerprint density at radius 3 is 2.74 bits per heavy atom. The first kappa shape index (κ1) is 14.5. The molecule has 0 saturated carbocycles. The van der Waals surface area contributed by atoms with Crippen LogP contribution < -0.4 is 5.32 Å². The number of nitrogens with one attached hydrogen (secondary N) is 1. The van der Waals surface area contributed by atoms with Gasteiger partial charge in [0, 0.05) is 16.6 Å². The molecule has 19 heavy (non-hydrogen) atoms. The topological polar surface area (TPSA) is 42.7 Å². The smallest absolute Gasteiger partial charge is 0.0854 e. The van der Waals surface area contributed by atoms with E-state index in [2.05, 4.69) is 52.3 Å². The molecule has 1 aromatic heterocycles. The Labute approximate surface area is 126 Å². The Morgan fingerprint density at radius 2 is 2.11 bits per heavy atom. The van der Waals surface area contributed by atoms with E-state index in [-0.39, 0.29) is 5.54 Å². The molecule has 1 heterocycles. The number of halogens is 2. The van der Waals surface area contributed by atoms with Crippen molar-refractivity contribution in [2.24, 2.45) is 0 Å². The van der Waals surface area contributed by atoms with Gasteiger partial charge in [-0.25, -0.2) is 4.68 Å². The van der Waals surface area contributed by atoms with Gasteiger partial charge in [-0.3, -0.25) is 0 Å². The summed E-state index contributed by atoms with van der Waals surface area (Å²) >= 11 is 9.64. The summed E-state index contributed by atoms with van der Waals surface area (Å²) in [6.45, 7) is 7.04.